The number of pyridine rings is 1. The Bertz CT molecular complexity index is 917. The van der Waals surface area contributed by atoms with Gasteiger partial charge in [-0.15, -0.1) is 0 Å². The van der Waals surface area contributed by atoms with Gasteiger partial charge in [0.25, 0.3) is 5.91 Å². The third-order valence-corrected chi connectivity index (χ3v) is 3.77. The molecule has 1 amide bonds. The number of H-pyrrole nitrogens is 1. The molecule has 110 valence electrons. The topological polar surface area (TPSA) is 76.0 Å². The molecule has 0 spiro atoms. The molecule has 0 bridgehead atoms. The number of aromatic amines is 1. The summed E-state index contributed by atoms with van der Waals surface area (Å²) in [6.07, 6.45) is 0.340. The van der Waals surface area contributed by atoms with Crippen LogP contribution < -0.4 is 11.2 Å². The van der Waals surface area contributed by atoms with Gasteiger partial charge in [0.1, 0.15) is 5.69 Å². The van der Waals surface area contributed by atoms with Crippen molar-refractivity contribution in [3.8, 4) is 0 Å². The summed E-state index contributed by atoms with van der Waals surface area (Å²) in [5.74, 6) is -0.662. The number of aromatic nitrogens is 1. The van der Waals surface area contributed by atoms with Gasteiger partial charge in [-0.2, -0.15) is 0 Å². The third kappa shape index (κ3) is 2.61. The maximum absolute atomic E-state index is 12.7. The number of halogens is 1. The van der Waals surface area contributed by atoms with E-state index in [0.717, 1.165) is 5.56 Å². The summed E-state index contributed by atoms with van der Waals surface area (Å²) >= 11 is 5.93. The van der Waals surface area contributed by atoms with Gasteiger partial charge in [-0.05, 0) is 23.8 Å². The fourth-order valence-corrected chi connectivity index (χ4v) is 2.66. The van der Waals surface area contributed by atoms with Crippen molar-refractivity contribution in [2.75, 3.05) is 0 Å². The van der Waals surface area contributed by atoms with Crippen molar-refractivity contribution < 1.29 is 4.79 Å². The van der Waals surface area contributed by atoms with Crippen molar-refractivity contribution in [1.29, 1.82) is 0 Å². The first-order valence-corrected chi connectivity index (χ1v) is 7.12. The Kier molecular flexibility index (Phi) is 3.69. The molecule has 3 rings (SSSR count). The van der Waals surface area contributed by atoms with Gasteiger partial charge in [-0.25, -0.2) is 0 Å². The number of amides is 1. The van der Waals surface area contributed by atoms with Crippen LogP contribution in [0, 0.1) is 0 Å². The third-order valence-electron chi connectivity index (χ3n) is 3.53. The van der Waals surface area contributed by atoms with Gasteiger partial charge >= 0.3 is 0 Å². The number of rotatable bonds is 3. The molecule has 4 nitrogen and oxygen atoms in total. The Morgan fingerprint density at radius 3 is 2.55 bits per heavy atom. The molecule has 1 aromatic heterocycles. The lowest BCUT2D eigenvalue weighted by Crippen LogP contribution is -2.23. The van der Waals surface area contributed by atoms with Crippen LogP contribution >= 0.6 is 11.6 Å². The zero-order valence-electron chi connectivity index (χ0n) is 11.6. The average molecular weight is 313 g/mol. The first-order valence-electron chi connectivity index (χ1n) is 6.74. The van der Waals surface area contributed by atoms with Gasteiger partial charge < -0.3 is 10.7 Å². The Labute approximate surface area is 131 Å². The van der Waals surface area contributed by atoms with E-state index in [1.54, 1.807) is 18.2 Å². The minimum atomic E-state index is -0.662. The van der Waals surface area contributed by atoms with Gasteiger partial charge in [-0.1, -0.05) is 41.9 Å². The molecule has 3 aromatic rings. The molecular weight excluding hydrogens is 300 g/mol. The SMILES string of the molecule is NC(=O)c1[nH]c2cc(Cl)ccc2c(=O)c1Cc1ccccc1. The second-order valence-electron chi connectivity index (χ2n) is 5.02. The fraction of sp³-hybridized carbons (Fsp3) is 0.0588. The lowest BCUT2D eigenvalue weighted by atomic mass is 10.0. The van der Waals surface area contributed by atoms with Crippen LogP contribution in [0.4, 0.5) is 0 Å². The van der Waals surface area contributed by atoms with Crippen LogP contribution in [0.25, 0.3) is 10.9 Å². The highest BCUT2D eigenvalue weighted by atomic mass is 35.5. The zero-order chi connectivity index (χ0) is 15.7. The van der Waals surface area contributed by atoms with Crippen molar-refractivity contribution in [2.45, 2.75) is 6.42 Å². The Balaban J connectivity index is 2.25. The largest absolute Gasteiger partial charge is 0.364 e. The highest BCUT2D eigenvalue weighted by molar-refractivity contribution is 6.31. The molecule has 22 heavy (non-hydrogen) atoms. The number of carbonyl (C=O) groups is 1. The molecule has 0 radical (unpaired) electrons. The molecule has 0 aliphatic heterocycles. The number of nitrogens with two attached hydrogens (primary N) is 1. The number of hydrogen-bond acceptors (Lipinski definition) is 2. The molecule has 2 aromatic carbocycles. The number of carbonyl (C=O) groups excluding carboxylic acids is 1. The molecule has 1 heterocycles. The van der Waals surface area contributed by atoms with E-state index in [4.69, 9.17) is 17.3 Å². The van der Waals surface area contributed by atoms with E-state index in [0.29, 0.717) is 27.9 Å². The van der Waals surface area contributed by atoms with E-state index in [1.165, 1.54) is 0 Å². The summed E-state index contributed by atoms with van der Waals surface area (Å²) in [5, 5.41) is 0.967. The van der Waals surface area contributed by atoms with Crippen LogP contribution in [0.2, 0.25) is 5.02 Å². The van der Waals surface area contributed by atoms with E-state index in [9.17, 15) is 9.59 Å². The lowest BCUT2D eigenvalue weighted by molar-refractivity contribution is 0.0995. The number of hydrogen-bond donors (Lipinski definition) is 2. The summed E-state index contributed by atoms with van der Waals surface area (Å²) in [5.41, 5.74) is 7.15. The Hall–Kier alpha value is -2.59. The van der Waals surface area contributed by atoms with Gasteiger partial charge in [0.2, 0.25) is 0 Å². The Morgan fingerprint density at radius 1 is 1.14 bits per heavy atom. The molecule has 0 aliphatic carbocycles. The predicted octanol–water partition coefficient (Wildman–Crippen LogP) is 2.87. The second-order valence-corrected chi connectivity index (χ2v) is 5.46. The molecule has 5 heteroatoms. The predicted molar refractivity (Wildman–Crippen MR) is 87.3 cm³/mol. The second kappa shape index (κ2) is 5.66. The van der Waals surface area contributed by atoms with E-state index < -0.39 is 5.91 Å². The molecule has 0 saturated heterocycles. The summed E-state index contributed by atoms with van der Waals surface area (Å²) in [6, 6.07) is 14.4. The maximum Gasteiger partial charge on any atom is 0.265 e. The normalized spacial score (nSPS) is 10.8. The summed E-state index contributed by atoms with van der Waals surface area (Å²) in [7, 11) is 0. The average Bonchev–Trinajstić information content (AvgIpc) is 2.50. The van der Waals surface area contributed by atoms with Crippen molar-refractivity contribution in [3.63, 3.8) is 0 Å². The van der Waals surface area contributed by atoms with Crippen molar-refractivity contribution in [3.05, 3.63) is 80.6 Å². The molecular formula is C17H13ClN2O2. The van der Waals surface area contributed by atoms with Gasteiger partial charge in [0.05, 0.1) is 5.52 Å². The highest BCUT2D eigenvalue weighted by Crippen LogP contribution is 2.18. The smallest absolute Gasteiger partial charge is 0.265 e. The van der Waals surface area contributed by atoms with Crippen LogP contribution in [0.5, 0.6) is 0 Å². The first-order chi connectivity index (χ1) is 10.6. The van der Waals surface area contributed by atoms with Gasteiger partial charge in [0.15, 0.2) is 5.43 Å². The molecule has 0 unspecified atom stereocenters. The molecule has 3 N–H and O–H groups in total. The lowest BCUT2D eigenvalue weighted by Gasteiger charge is -2.09. The minimum absolute atomic E-state index is 0.128. The zero-order valence-corrected chi connectivity index (χ0v) is 12.4. The van der Waals surface area contributed by atoms with Crippen LogP contribution in [0.15, 0.2) is 53.3 Å². The van der Waals surface area contributed by atoms with Crippen LogP contribution in [-0.2, 0) is 6.42 Å². The number of nitrogens with one attached hydrogen (secondary N) is 1. The minimum Gasteiger partial charge on any atom is -0.364 e. The van der Waals surface area contributed by atoms with Gasteiger partial charge in [-0.3, -0.25) is 9.59 Å². The summed E-state index contributed by atoms with van der Waals surface area (Å²) in [6.45, 7) is 0. The fourth-order valence-electron chi connectivity index (χ4n) is 2.48. The van der Waals surface area contributed by atoms with Crippen LogP contribution in [-0.4, -0.2) is 10.9 Å². The summed E-state index contributed by atoms with van der Waals surface area (Å²) in [4.78, 5) is 27.3. The van der Waals surface area contributed by atoms with Crippen molar-refractivity contribution in [2.24, 2.45) is 5.73 Å². The quantitative estimate of drug-likeness (QED) is 0.780. The van der Waals surface area contributed by atoms with Crippen molar-refractivity contribution in [1.82, 2.24) is 4.98 Å². The standard InChI is InChI=1S/C17H13ClN2O2/c18-11-6-7-12-14(9-11)20-15(17(19)22)13(16(12)21)8-10-4-2-1-3-5-10/h1-7,9H,8H2,(H2,19,22)(H,20,21). The summed E-state index contributed by atoms with van der Waals surface area (Å²) < 4.78 is 0. The van der Waals surface area contributed by atoms with Gasteiger partial charge in [0, 0.05) is 22.4 Å². The monoisotopic (exact) mass is 312 g/mol. The van der Waals surface area contributed by atoms with Crippen LogP contribution in [0.1, 0.15) is 21.6 Å². The van der Waals surface area contributed by atoms with Crippen molar-refractivity contribution >= 4 is 28.4 Å². The highest BCUT2D eigenvalue weighted by Gasteiger charge is 2.16. The van der Waals surface area contributed by atoms with Crippen LogP contribution in [0.3, 0.4) is 0 Å². The van der Waals surface area contributed by atoms with E-state index in [1.807, 2.05) is 30.3 Å². The molecule has 0 atom stereocenters. The number of fused-ring (bicyclic) bond motifs is 1. The Morgan fingerprint density at radius 2 is 1.86 bits per heavy atom. The molecule has 0 saturated carbocycles. The molecule has 0 aliphatic rings. The maximum atomic E-state index is 12.7. The first kappa shape index (κ1) is 14.4. The molecule has 0 fully saturated rings. The number of primary amides is 1. The number of benzene rings is 2. The van der Waals surface area contributed by atoms with E-state index in [-0.39, 0.29) is 11.1 Å². The van der Waals surface area contributed by atoms with E-state index >= 15 is 0 Å². The van der Waals surface area contributed by atoms with E-state index in [2.05, 4.69) is 4.98 Å².